The van der Waals surface area contributed by atoms with E-state index >= 15 is 0 Å². The quantitative estimate of drug-likeness (QED) is 0.873. The van der Waals surface area contributed by atoms with E-state index in [9.17, 15) is 19.1 Å². The third-order valence-electron chi connectivity index (χ3n) is 4.15. The monoisotopic (exact) mass is 322 g/mol. The zero-order chi connectivity index (χ0) is 17.0. The molecule has 0 spiro atoms. The van der Waals surface area contributed by atoms with Gasteiger partial charge in [0.1, 0.15) is 12.4 Å². The second-order valence-electron chi connectivity index (χ2n) is 6.22. The van der Waals surface area contributed by atoms with Crippen LogP contribution in [0, 0.1) is 11.7 Å². The average Bonchev–Trinajstić information content (AvgIpc) is 2.92. The van der Waals surface area contributed by atoms with Crippen LogP contribution in [0.2, 0.25) is 0 Å². The van der Waals surface area contributed by atoms with E-state index in [4.69, 9.17) is 0 Å². The third kappa shape index (κ3) is 4.51. The lowest BCUT2D eigenvalue weighted by atomic mass is 10.0. The maximum atomic E-state index is 12.9. The molecule has 23 heavy (non-hydrogen) atoms. The van der Waals surface area contributed by atoms with E-state index in [-0.39, 0.29) is 30.2 Å². The van der Waals surface area contributed by atoms with Crippen LogP contribution in [0.25, 0.3) is 0 Å². The maximum absolute atomic E-state index is 12.9. The van der Waals surface area contributed by atoms with Gasteiger partial charge in [0.25, 0.3) is 0 Å². The Morgan fingerprint density at radius 3 is 2.48 bits per heavy atom. The summed E-state index contributed by atoms with van der Waals surface area (Å²) in [5.41, 5.74) is 0.480. The Morgan fingerprint density at radius 1 is 1.30 bits per heavy atom. The molecule has 1 saturated carbocycles. The molecule has 6 heteroatoms. The van der Waals surface area contributed by atoms with Crippen molar-refractivity contribution in [2.75, 3.05) is 11.9 Å². The predicted octanol–water partition coefficient (Wildman–Crippen LogP) is 2.16. The number of anilines is 1. The molecule has 2 atom stereocenters. The molecule has 0 bridgehead atoms. The SMILES string of the molecule is CC(C)N(CC(=O)Nc1ccc(F)cc1)C(=O)C1CCCC1O. The number of amides is 2. The van der Waals surface area contributed by atoms with Crippen molar-refractivity contribution in [1.29, 1.82) is 0 Å². The number of nitrogens with one attached hydrogen (secondary N) is 1. The minimum atomic E-state index is -0.621. The van der Waals surface area contributed by atoms with Crippen LogP contribution in [-0.4, -0.2) is 40.5 Å². The molecule has 0 saturated heterocycles. The van der Waals surface area contributed by atoms with Crippen molar-refractivity contribution in [3.05, 3.63) is 30.1 Å². The summed E-state index contributed by atoms with van der Waals surface area (Å²) in [6.45, 7) is 3.59. The summed E-state index contributed by atoms with van der Waals surface area (Å²) in [6, 6.07) is 5.31. The Labute approximate surface area is 135 Å². The molecule has 2 amide bonds. The van der Waals surface area contributed by atoms with Gasteiger partial charge in [-0.25, -0.2) is 4.39 Å². The maximum Gasteiger partial charge on any atom is 0.244 e. The second kappa shape index (κ2) is 7.55. The van der Waals surface area contributed by atoms with Gasteiger partial charge in [-0.15, -0.1) is 0 Å². The molecule has 0 heterocycles. The molecule has 1 aromatic rings. The summed E-state index contributed by atoms with van der Waals surface area (Å²) >= 11 is 0. The lowest BCUT2D eigenvalue weighted by Crippen LogP contribution is -2.46. The van der Waals surface area contributed by atoms with Gasteiger partial charge in [-0.05, 0) is 57.4 Å². The highest BCUT2D eigenvalue weighted by molar-refractivity contribution is 5.95. The summed E-state index contributed by atoms with van der Waals surface area (Å²) < 4.78 is 12.9. The highest BCUT2D eigenvalue weighted by Crippen LogP contribution is 2.27. The Balaban J connectivity index is 1.99. The van der Waals surface area contributed by atoms with Crippen LogP contribution in [0.5, 0.6) is 0 Å². The van der Waals surface area contributed by atoms with Gasteiger partial charge >= 0.3 is 0 Å². The number of hydrogen-bond acceptors (Lipinski definition) is 3. The van der Waals surface area contributed by atoms with Gasteiger partial charge in [-0.1, -0.05) is 0 Å². The standard InChI is InChI=1S/C17H23FN2O3/c1-11(2)20(17(23)14-4-3-5-15(14)21)10-16(22)19-13-8-6-12(18)7-9-13/h6-9,11,14-15,21H,3-5,10H2,1-2H3,(H,19,22). The number of aliphatic hydroxyl groups excluding tert-OH is 1. The Hall–Kier alpha value is -1.95. The van der Waals surface area contributed by atoms with Gasteiger partial charge in [0.15, 0.2) is 0 Å². The van der Waals surface area contributed by atoms with E-state index in [1.54, 1.807) is 0 Å². The lowest BCUT2D eigenvalue weighted by Gasteiger charge is -2.29. The molecule has 5 nitrogen and oxygen atoms in total. The zero-order valence-electron chi connectivity index (χ0n) is 13.5. The number of rotatable bonds is 5. The molecule has 1 aliphatic carbocycles. The number of aliphatic hydroxyl groups is 1. The van der Waals surface area contributed by atoms with Crippen LogP contribution in [0.4, 0.5) is 10.1 Å². The van der Waals surface area contributed by atoms with Crippen molar-refractivity contribution in [2.24, 2.45) is 5.92 Å². The first kappa shape index (κ1) is 17.4. The van der Waals surface area contributed by atoms with Gasteiger partial charge in [0.2, 0.25) is 11.8 Å². The summed E-state index contributed by atoms with van der Waals surface area (Å²) in [4.78, 5) is 26.2. The fourth-order valence-electron chi connectivity index (χ4n) is 2.84. The van der Waals surface area contributed by atoms with Crippen molar-refractivity contribution in [3.8, 4) is 0 Å². The van der Waals surface area contributed by atoms with Gasteiger partial charge in [-0.2, -0.15) is 0 Å². The number of hydrogen-bond donors (Lipinski definition) is 2. The molecule has 1 fully saturated rings. The van der Waals surface area contributed by atoms with Crippen molar-refractivity contribution in [2.45, 2.75) is 45.3 Å². The summed E-state index contributed by atoms with van der Waals surface area (Å²) in [5.74, 6) is -1.32. The average molecular weight is 322 g/mol. The van der Waals surface area contributed by atoms with E-state index in [1.807, 2.05) is 13.8 Å². The summed E-state index contributed by atoms with van der Waals surface area (Å²) in [7, 11) is 0. The predicted molar refractivity (Wildman–Crippen MR) is 85.2 cm³/mol. The molecular formula is C17H23FN2O3. The number of carbonyl (C=O) groups excluding carboxylic acids is 2. The highest BCUT2D eigenvalue weighted by Gasteiger charge is 2.35. The van der Waals surface area contributed by atoms with E-state index in [0.29, 0.717) is 18.5 Å². The van der Waals surface area contributed by atoms with E-state index in [0.717, 1.165) is 6.42 Å². The number of carbonyl (C=O) groups is 2. The molecule has 126 valence electrons. The molecular weight excluding hydrogens is 299 g/mol. The van der Waals surface area contributed by atoms with Gasteiger partial charge < -0.3 is 15.3 Å². The molecule has 2 rings (SSSR count). The van der Waals surface area contributed by atoms with E-state index < -0.39 is 12.0 Å². The first-order valence-electron chi connectivity index (χ1n) is 7.92. The van der Waals surface area contributed by atoms with Crippen LogP contribution in [-0.2, 0) is 9.59 Å². The lowest BCUT2D eigenvalue weighted by molar-refractivity contribution is -0.142. The van der Waals surface area contributed by atoms with Crippen LogP contribution >= 0.6 is 0 Å². The van der Waals surface area contributed by atoms with Gasteiger partial charge in [0.05, 0.1) is 12.0 Å². The normalized spacial score (nSPS) is 20.6. The fraction of sp³-hybridized carbons (Fsp3) is 0.529. The van der Waals surface area contributed by atoms with Crippen LogP contribution in [0.15, 0.2) is 24.3 Å². The largest absolute Gasteiger partial charge is 0.392 e. The molecule has 0 aromatic heterocycles. The van der Waals surface area contributed by atoms with Crippen LogP contribution < -0.4 is 5.32 Å². The molecule has 2 N–H and O–H groups in total. The Kier molecular flexibility index (Phi) is 5.71. The van der Waals surface area contributed by atoms with Crippen LogP contribution in [0.1, 0.15) is 33.1 Å². The molecule has 1 aliphatic rings. The van der Waals surface area contributed by atoms with Crippen LogP contribution in [0.3, 0.4) is 0 Å². The topological polar surface area (TPSA) is 69.6 Å². The highest BCUT2D eigenvalue weighted by atomic mass is 19.1. The molecule has 0 radical (unpaired) electrons. The first-order chi connectivity index (χ1) is 10.9. The first-order valence-corrected chi connectivity index (χ1v) is 7.92. The van der Waals surface area contributed by atoms with Gasteiger partial charge in [0, 0.05) is 11.7 Å². The number of nitrogens with zero attached hydrogens (tertiary/aromatic N) is 1. The number of halogens is 1. The van der Waals surface area contributed by atoms with E-state index in [1.165, 1.54) is 29.2 Å². The van der Waals surface area contributed by atoms with Crippen molar-refractivity contribution >= 4 is 17.5 Å². The third-order valence-corrected chi connectivity index (χ3v) is 4.15. The van der Waals surface area contributed by atoms with Crippen molar-refractivity contribution in [3.63, 3.8) is 0 Å². The second-order valence-corrected chi connectivity index (χ2v) is 6.22. The Bertz CT molecular complexity index is 559. The zero-order valence-corrected chi connectivity index (χ0v) is 13.5. The fourth-order valence-corrected chi connectivity index (χ4v) is 2.84. The minimum absolute atomic E-state index is 0.0862. The van der Waals surface area contributed by atoms with Gasteiger partial charge in [-0.3, -0.25) is 9.59 Å². The molecule has 2 unspecified atom stereocenters. The van der Waals surface area contributed by atoms with Crippen molar-refractivity contribution < 1.29 is 19.1 Å². The summed E-state index contributed by atoms with van der Waals surface area (Å²) in [6.07, 6.45) is 1.49. The van der Waals surface area contributed by atoms with E-state index in [2.05, 4.69) is 5.32 Å². The molecule has 1 aromatic carbocycles. The summed E-state index contributed by atoms with van der Waals surface area (Å²) in [5, 5.41) is 12.6. The minimum Gasteiger partial charge on any atom is -0.392 e. The smallest absolute Gasteiger partial charge is 0.244 e. The molecule has 0 aliphatic heterocycles. The Morgan fingerprint density at radius 2 is 1.96 bits per heavy atom. The number of benzene rings is 1. The van der Waals surface area contributed by atoms with Crippen molar-refractivity contribution in [1.82, 2.24) is 4.90 Å².